The largest absolute Gasteiger partial charge is 0.480 e. The molecule has 20 heavy (non-hydrogen) atoms. The van der Waals surface area contributed by atoms with Crippen LogP contribution in [-0.4, -0.2) is 64.3 Å². The molecule has 0 aromatic carbocycles. The number of nitrogens with zero attached hydrogens (tertiary/aromatic N) is 2. The Labute approximate surface area is 120 Å². The fraction of sp³-hybridized carbons (Fsp3) is 0.714. The summed E-state index contributed by atoms with van der Waals surface area (Å²) in [4.78, 5) is 26.3. The first kappa shape index (κ1) is 16.5. The molecule has 1 heterocycles. The number of carbonyl (C=O) groups excluding carboxylic acids is 1. The number of morpholine rings is 1. The van der Waals surface area contributed by atoms with Crippen molar-refractivity contribution in [2.45, 2.75) is 38.9 Å². The minimum Gasteiger partial charge on any atom is -0.480 e. The maximum atomic E-state index is 12.5. The van der Waals surface area contributed by atoms with Crippen molar-refractivity contribution in [3.8, 4) is 0 Å². The molecule has 1 saturated heterocycles. The average molecular weight is 284 g/mol. The number of rotatable bonds is 4. The van der Waals surface area contributed by atoms with Crippen molar-refractivity contribution in [2.24, 2.45) is 0 Å². The number of ether oxygens (including phenoxy) is 1. The molecule has 1 fully saturated rings. The van der Waals surface area contributed by atoms with E-state index in [0.29, 0.717) is 13.1 Å². The van der Waals surface area contributed by atoms with Crippen molar-refractivity contribution in [2.75, 3.05) is 26.2 Å². The molecule has 0 aliphatic carbocycles. The molecule has 0 aromatic heterocycles. The lowest BCUT2D eigenvalue weighted by atomic mass is 9.99. The first-order valence-corrected chi connectivity index (χ1v) is 6.63. The third-order valence-electron chi connectivity index (χ3n) is 2.91. The third kappa shape index (κ3) is 4.52. The summed E-state index contributed by atoms with van der Waals surface area (Å²) < 4.78 is 5.91. The number of amides is 2. The van der Waals surface area contributed by atoms with E-state index >= 15 is 0 Å². The van der Waals surface area contributed by atoms with E-state index in [1.54, 1.807) is 4.90 Å². The van der Waals surface area contributed by atoms with Crippen molar-refractivity contribution in [3.05, 3.63) is 12.7 Å². The first-order chi connectivity index (χ1) is 9.06. The van der Waals surface area contributed by atoms with E-state index in [1.807, 2.05) is 27.7 Å². The molecule has 0 atom stereocenters. The van der Waals surface area contributed by atoms with Gasteiger partial charge < -0.3 is 19.6 Å². The minimum absolute atomic E-state index is 0.212. The van der Waals surface area contributed by atoms with E-state index in [2.05, 4.69) is 6.58 Å². The molecule has 1 N–H and O–H groups in total. The summed E-state index contributed by atoms with van der Waals surface area (Å²) in [6.07, 6.45) is 1.53. The number of carboxylic acid groups (broad SMARTS) is 1. The number of carbonyl (C=O) groups is 2. The Balaban J connectivity index is 2.87. The summed E-state index contributed by atoms with van der Waals surface area (Å²) in [5.74, 6) is -1.04. The monoisotopic (exact) mass is 284 g/mol. The predicted octanol–water partition coefficient (Wildman–Crippen LogP) is 1.57. The van der Waals surface area contributed by atoms with Gasteiger partial charge in [0.15, 0.2) is 0 Å². The number of hydrogen-bond donors (Lipinski definition) is 1. The molecule has 0 unspecified atom stereocenters. The Morgan fingerprint density at radius 1 is 1.30 bits per heavy atom. The molecule has 2 amide bonds. The van der Waals surface area contributed by atoms with Gasteiger partial charge in [0.1, 0.15) is 6.54 Å². The van der Waals surface area contributed by atoms with Crippen LogP contribution in [0.5, 0.6) is 0 Å². The number of carboxylic acids is 1. The van der Waals surface area contributed by atoms with Gasteiger partial charge in [-0.25, -0.2) is 4.79 Å². The molecule has 0 radical (unpaired) electrons. The van der Waals surface area contributed by atoms with Crippen molar-refractivity contribution in [3.63, 3.8) is 0 Å². The number of hydrogen-bond acceptors (Lipinski definition) is 3. The van der Waals surface area contributed by atoms with Gasteiger partial charge in [0.25, 0.3) is 0 Å². The van der Waals surface area contributed by atoms with Gasteiger partial charge in [0, 0.05) is 6.54 Å². The standard InChI is InChI=1S/C14H24N2O4/c1-6-7-15(8-11(17)18)12(19)16-9-13(2,3)20-14(4,5)10-16/h6H,1,7-10H2,2-5H3,(H,17,18). The SMILES string of the molecule is C=CCN(CC(=O)O)C(=O)N1CC(C)(C)OC(C)(C)C1. The highest BCUT2D eigenvalue weighted by Gasteiger charge is 2.41. The van der Waals surface area contributed by atoms with E-state index in [4.69, 9.17) is 9.84 Å². The van der Waals surface area contributed by atoms with E-state index < -0.39 is 17.2 Å². The molecule has 0 spiro atoms. The van der Waals surface area contributed by atoms with Crippen LogP contribution in [0, 0.1) is 0 Å². The van der Waals surface area contributed by atoms with Crippen molar-refractivity contribution < 1.29 is 19.4 Å². The van der Waals surface area contributed by atoms with Crippen molar-refractivity contribution >= 4 is 12.0 Å². The maximum Gasteiger partial charge on any atom is 0.323 e. The number of urea groups is 1. The van der Waals surface area contributed by atoms with Gasteiger partial charge in [-0.3, -0.25) is 4.79 Å². The molecule has 1 rings (SSSR count). The number of aliphatic carboxylic acids is 1. The van der Waals surface area contributed by atoms with E-state index in [-0.39, 0.29) is 19.1 Å². The topological polar surface area (TPSA) is 70.1 Å². The van der Waals surface area contributed by atoms with Gasteiger partial charge in [0.05, 0.1) is 24.3 Å². The fourth-order valence-corrected chi connectivity index (χ4v) is 2.65. The lowest BCUT2D eigenvalue weighted by Crippen LogP contribution is -2.61. The van der Waals surface area contributed by atoms with Crippen LogP contribution < -0.4 is 0 Å². The quantitative estimate of drug-likeness (QED) is 0.796. The second-order valence-electron chi connectivity index (χ2n) is 6.32. The third-order valence-corrected chi connectivity index (χ3v) is 2.91. The zero-order chi connectivity index (χ0) is 15.6. The van der Waals surface area contributed by atoms with Gasteiger partial charge in [-0.05, 0) is 27.7 Å². The smallest absolute Gasteiger partial charge is 0.323 e. The van der Waals surface area contributed by atoms with E-state index in [9.17, 15) is 9.59 Å². The van der Waals surface area contributed by atoms with Gasteiger partial charge >= 0.3 is 12.0 Å². The summed E-state index contributed by atoms with van der Waals surface area (Å²) in [7, 11) is 0. The second kappa shape index (κ2) is 5.83. The second-order valence-corrected chi connectivity index (χ2v) is 6.32. The summed E-state index contributed by atoms with van der Waals surface area (Å²) >= 11 is 0. The normalized spacial score (nSPS) is 20.3. The molecule has 0 bridgehead atoms. The maximum absolute atomic E-state index is 12.5. The molecular formula is C14H24N2O4. The van der Waals surface area contributed by atoms with Gasteiger partial charge in [-0.1, -0.05) is 6.08 Å². The highest BCUT2D eigenvalue weighted by atomic mass is 16.5. The van der Waals surface area contributed by atoms with Crippen molar-refractivity contribution in [1.82, 2.24) is 9.80 Å². The molecular weight excluding hydrogens is 260 g/mol. The van der Waals surface area contributed by atoms with E-state index in [0.717, 1.165) is 0 Å². The minimum atomic E-state index is -1.04. The highest BCUT2D eigenvalue weighted by molar-refractivity contribution is 5.80. The van der Waals surface area contributed by atoms with Crippen LogP contribution in [-0.2, 0) is 9.53 Å². The Hall–Kier alpha value is -1.56. The molecule has 0 aromatic rings. The molecule has 6 heteroatoms. The summed E-state index contributed by atoms with van der Waals surface area (Å²) in [5, 5.41) is 8.89. The van der Waals surface area contributed by atoms with Crippen LogP contribution in [0.4, 0.5) is 4.79 Å². The lowest BCUT2D eigenvalue weighted by Gasteiger charge is -2.47. The van der Waals surface area contributed by atoms with Crippen LogP contribution in [0.3, 0.4) is 0 Å². The van der Waals surface area contributed by atoms with Crippen LogP contribution in [0.2, 0.25) is 0 Å². The Morgan fingerprint density at radius 3 is 2.20 bits per heavy atom. The van der Waals surface area contributed by atoms with Crippen LogP contribution in [0.15, 0.2) is 12.7 Å². The first-order valence-electron chi connectivity index (χ1n) is 6.63. The molecule has 1 aliphatic rings. The van der Waals surface area contributed by atoms with E-state index in [1.165, 1.54) is 11.0 Å². The average Bonchev–Trinajstić information content (AvgIpc) is 2.22. The van der Waals surface area contributed by atoms with Gasteiger partial charge in [-0.2, -0.15) is 0 Å². The zero-order valence-corrected chi connectivity index (χ0v) is 12.7. The highest BCUT2D eigenvalue weighted by Crippen LogP contribution is 2.28. The molecule has 6 nitrogen and oxygen atoms in total. The summed E-state index contributed by atoms with van der Waals surface area (Å²) in [6, 6.07) is -0.295. The Morgan fingerprint density at radius 2 is 1.80 bits per heavy atom. The summed E-state index contributed by atoms with van der Waals surface area (Å²) in [6.45, 7) is 12.0. The Bertz CT molecular complexity index is 388. The van der Waals surface area contributed by atoms with Gasteiger partial charge in [-0.15, -0.1) is 6.58 Å². The van der Waals surface area contributed by atoms with Gasteiger partial charge in [0.2, 0.25) is 0 Å². The van der Waals surface area contributed by atoms with Crippen LogP contribution >= 0.6 is 0 Å². The van der Waals surface area contributed by atoms with Crippen LogP contribution in [0.25, 0.3) is 0 Å². The zero-order valence-electron chi connectivity index (χ0n) is 12.7. The van der Waals surface area contributed by atoms with Crippen molar-refractivity contribution in [1.29, 1.82) is 0 Å². The molecule has 1 aliphatic heterocycles. The molecule has 0 saturated carbocycles. The summed E-state index contributed by atoms with van der Waals surface area (Å²) in [5.41, 5.74) is -0.916. The predicted molar refractivity (Wildman–Crippen MR) is 75.6 cm³/mol. The molecule has 114 valence electrons. The fourth-order valence-electron chi connectivity index (χ4n) is 2.65. The Kier molecular flexibility index (Phi) is 4.81. The van der Waals surface area contributed by atoms with Crippen LogP contribution in [0.1, 0.15) is 27.7 Å². The lowest BCUT2D eigenvalue weighted by molar-refractivity contribution is -0.171.